The summed E-state index contributed by atoms with van der Waals surface area (Å²) in [6.45, 7) is 3.65. The highest BCUT2D eigenvalue weighted by Crippen LogP contribution is 2.17. The van der Waals surface area contributed by atoms with Crippen LogP contribution in [0.15, 0.2) is 42.6 Å². The number of amides is 1. The molecule has 1 aromatic carbocycles. The number of hydrogen-bond acceptors (Lipinski definition) is 4. The summed E-state index contributed by atoms with van der Waals surface area (Å²) in [6.07, 6.45) is 0.931. The summed E-state index contributed by atoms with van der Waals surface area (Å²) < 4.78 is 1.64. The van der Waals surface area contributed by atoms with Crippen molar-refractivity contribution in [2.75, 3.05) is 6.54 Å². The molecule has 2 N–H and O–H groups in total. The van der Waals surface area contributed by atoms with Gasteiger partial charge in [-0.2, -0.15) is 5.10 Å². The summed E-state index contributed by atoms with van der Waals surface area (Å²) in [5.74, 6) is 0.409. The van der Waals surface area contributed by atoms with E-state index < -0.39 is 6.10 Å². The topological polar surface area (TPSA) is 80.0 Å². The number of aliphatic hydroxyl groups is 1. The molecule has 1 unspecified atom stereocenters. The van der Waals surface area contributed by atoms with Gasteiger partial charge in [0.2, 0.25) is 0 Å². The van der Waals surface area contributed by atoms with Crippen LogP contribution in [-0.2, 0) is 0 Å². The normalized spacial score (nSPS) is 12.3. The number of rotatable bonds is 4. The Balaban J connectivity index is 1.92. The van der Waals surface area contributed by atoms with E-state index in [9.17, 15) is 9.90 Å². The molecule has 6 nitrogen and oxygen atoms in total. The second-order valence-electron chi connectivity index (χ2n) is 5.48. The monoisotopic (exact) mass is 310 g/mol. The Hall–Kier alpha value is -2.73. The van der Waals surface area contributed by atoms with Gasteiger partial charge in [-0.3, -0.25) is 4.79 Å². The first kappa shape index (κ1) is 15.2. The van der Waals surface area contributed by atoms with Crippen molar-refractivity contribution in [1.29, 1.82) is 0 Å². The Morgan fingerprint density at radius 1 is 1.30 bits per heavy atom. The van der Waals surface area contributed by atoms with Gasteiger partial charge in [0.25, 0.3) is 5.91 Å². The van der Waals surface area contributed by atoms with Gasteiger partial charge in [-0.25, -0.2) is 9.67 Å². The van der Waals surface area contributed by atoms with E-state index in [0.717, 1.165) is 10.9 Å². The Bertz CT molecular complexity index is 855. The first-order valence-corrected chi connectivity index (χ1v) is 7.43. The average molecular weight is 310 g/mol. The van der Waals surface area contributed by atoms with Crippen molar-refractivity contribution in [2.24, 2.45) is 0 Å². The molecule has 0 spiro atoms. The highest BCUT2D eigenvalue weighted by Gasteiger charge is 2.16. The number of pyridine rings is 1. The van der Waals surface area contributed by atoms with E-state index in [-0.39, 0.29) is 12.5 Å². The van der Waals surface area contributed by atoms with Crippen molar-refractivity contribution in [3.63, 3.8) is 0 Å². The lowest BCUT2D eigenvalue weighted by molar-refractivity contribution is 0.0923. The lowest BCUT2D eigenvalue weighted by Crippen LogP contribution is -2.30. The maximum absolute atomic E-state index is 12.1. The Kier molecular flexibility index (Phi) is 4.08. The van der Waals surface area contributed by atoms with Crippen LogP contribution in [0.25, 0.3) is 16.7 Å². The van der Waals surface area contributed by atoms with Crippen LogP contribution < -0.4 is 5.32 Å². The lowest BCUT2D eigenvalue weighted by atomic mass is 10.2. The van der Waals surface area contributed by atoms with Crippen LogP contribution in [0.3, 0.4) is 0 Å². The molecule has 3 aromatic rings. The van der Waals surface area contributed by atoms with Gasteiger partial charge in [-0.05, 0) is 32.0 Å². The summed E-state index contributed by atoms with van der Waals surface area (Å²) in [6, 6.07) is 11.7. The maximum atomic E-state index is 12.1. The van der Waals surface area contributed by atoms with Gasteiger partial charge >= 0.3 is 0 Å². The van der Waals surface area contributed by atoms with Crippen LogP contribution in [-0.4, -0.2) is 38.4 Å². The van der Waals surface area contributed by atoms with Gasteiger partial charge in [-0.1, -0.05) is 18.2 Å². The quantitative estimate of drug-likeness (QED) is 0.770. The van der Waals surface area contributed by atoms with Crippen LogP contribution in [0.5, 0.6) is 0 Å². The summed E-state index contributed by atoms with van der Waals surface area (Å²) in [4.78, 5) is 16.7. The van der Waals surface area contributed by atoms with E-state index in [4.69, 9.17) is 0 Å². The fourth-order valence-corrected chi connectivity index (χ4v) is 2.37. The maximum Gasteiger partial charge on any atom is 0.254 e. The summed E-state index contributed by atoms with van der Waals surface area (Å²) in [5.41, 5.74) is 2.05. The van der Waals surface area contributed by atoms with Gasteiger partial charge in [-0.15, -0.1) is 0 Å². The summed E-state index contributed by atoms with van der Waals surface area (Å²) >= 11 is 0. The predicted octanol–water partition coefficient (Wildman–Crippen LogP) is 1.84. The number of para-hydroxylation sites is 1. The van der Waals surface area contributed by atoms with Crippen LogP contribution in [0.4, 0.5) is 0 Å². The Labute approximate surface area is 133 Å². The van der Waals surface area contributed by atoms with Crippen molar-refractivity contribution < 1.29 is 9.90 Å². The van der Waals surface area contributed by atoms with Crippen molar-refractivity contribution >= 4 is 16.8 Å². The molecule has 0 fully saturated rings. The van der Waals surface area contributed by atoms with E-state index in [1.165, 1.54) is 6.20 Å². The molecular formula is C17H18N4O2. The first-order valence-electron chi connectivity index (χ1n) is 7.43. The standard InChI is InChI=1S/C17H18N4O2/c1-11(22)9-18-17(23)14-10-19-21(12(14)2)16-8-7-13-5-3-4-6-15(13)20-16/h3-8,10-11,22H,9H2,1-2H3,(H,18,23). The highest BCUT2D eigenvalue weighted by molar-refractivity contribution is 5.95. The minimum Gasteiger partial charge on any atom is -0.392 e. The third-order valence-electron chi connectivity index (χ3n) is 3.61. The molecule has 2 aromatic heterocycles. The molecule has 0 bridgehead atoms. The Morgan fingerprint density at radius 2 is 2.09 bits per heavy atom. The van der Waals surface area contributed by atoms with E-state index in [2.05, 4.69) is 15.4 Å². The molecule has 0 aliphatic carbocycles. The van der Waals surface area contributed by atoms with Gasteiger partial charge in [0.1, 0.15) is 0 Å². The van der Waals surface area contributed by atoms with Crippen LogP contribution in [0.2, 0.25) is 0 Å². The number of nitrogens with zero attached hydrogens (tertiary/aromatic N) is 3. The molecule has 0 radical (unpaired) electrons. The summed E-state index contributed by atoms with van der Waals surface area (Å²) in [7, 11) is 0. The smallest absolute Gasteiger partial charge is 0.254 e. The molecule has 118 valence electrons. The molecule has 0 aliphatic heterocycles. The van der Waals surface area contributed by atoms with Crippen molar-refractivity contribution in [2.45, 2.75) is 20.0 Å². The van der Waals surface area contributed by atoms with Gasteiger partial charge in [0.15, 0.2) is 5.82 Å². The van der Waals surface area contributed by atoms with E-state index >= 15 is 0 Å². The fourth-order valence-electron chi connectivity index (χ4n) is 2.37. The average Bonchev–Trinajstić information content (AvgIpc) is 2.93. The van der Waals surface area contributed by atoms with Crippen molar-refractivity contribution in [3.8, 4) is 5.82 Å². The van der Waals surface area contributed by atoms with Crippen LogP contribution >= 0.6 is 0 Å². The van der Waals surface area contributed by atoms with E-state index in [1.807, 2.05) is 43.3 Å². The largest absolute Gasteiger partial charge is 0.392 e. The minimum absolute atomic E-state index is 0.206. The zero-order chi connectivity index (χ0) is 16.4. The zero-order valence-electron chi connectivity index (χ0n) is 13.0. The number of carbonyl (C=O) groups excluding carboxylic acids is 1. The number of hydrogen-bond donors (Lipinski definition) is 2. The number of fused-ring (bicyclic) bond motifs is 1. The molecule has 1 atom stereocenters. The molecule has 0 saturated carbocycles. The first-order chi connectivity index (χ1) is 11.1. The lowest BCUT2D eigenvalue weighted by Gasteiger charge is -2.08. The van der Waals surface area contributed by atoms with Crippen molar-refractivity contribution in [3.05, 3.63) is 53.9 Å². The zero-order valence-corrected chi connectivity index (χ0v) is 13.0. The number of aliphatic hydroxyl groups excluding tert-OH is 1. The molecule has 0 aliphatic rings. The molecule has 2 heterocycles. The van der Waals surface area contributed by atoms with E-state index in [0.29, 0.717) is 17.1 Å². The Morgan fingerprint density at radius 3 is 2.87 bits per heavy atom. The van der Waals surface area contributed by atoms with Crippen LogP contribution in [0, 0.1) is 6.92 Å². The van der Waals surface area contributed by atoms with Gasteiger partial charge in [0.05, 0.1) is 29.1 Å². The summed E-state index contributed by atoms with van der Waals surface area (Å²) in [5, 5.41) is 17.3. The molecule has 6 heteroatoms. The molecule has 23 heavy (non-hydrogen) atoms. The highest BCUT2D eigenvalue weighted by atomic mass is 16.3. The predicted molar refractivity (Wildman–Crippen MR) is 87.6 cm³/mol. The van der Waals surface area contributed by atoms with Gasteiger partial charge < -0.3 is 10.4 Å². The SMILES string of the molecule is Cc1c(C(=O)NCC(C)O)cnn1-c1ccc2ccccc2n1. The molecule has 3 rings (SSSR count). The number of nitrogens with one attached hydrogen (secondary N) is 1. The number of aromatic nitrogens is 3. The number of benzene rings is 1. The third kappa shape index (κ3) is 3.07. The van der Waals surface area contributed by atoms with Gasteiger partial charge in [0, 0.05) is 11.9 Å². The minimum atomic E-state index is -0.587. The molecule has 1 amide bonds. The van der Waals surface area contributed by atoms with Crippen LogP contribution in [0.1, 0.15) is 23.0 Å². The fraction of sp³-hybridized carbons (Fsp3) is 0.235. The third-order valence-corrected chi connectivity index (χ3v) is 3.61. The second-order valence-corrected chi connectivity index (χ2v) is 5.48. The number of carbonyl (C=O) groups is 1. The second kappa shape index (κ2) is 6.18. The molecular weight excluding hydrogens is 292 g/mol. The van der Waals surface area contributed by atoms with E-state index in [1.54, 1.807) is 11.6 Å². The molecule has 0 saturated heterocycles. The van der Waals surface area contributed by atoms with Crippen molar-refractivity contribution in [1.82, 2.24) is 20.1 Å².